The highest BCUT2D eigenvalue weighted by molar-refractivity contribution is 6.06. The van der Waals surface area contributed by atoms with Crippen LogP contribution in [0.5, 0.6) is 0 Å². The van der Waals surface area contributed by atoms with Crippen molar-refractivity contribution in [2.45, 2.75) is 39.2 Å². The van der Waals surface area contributed by atoms with Crippen LogP contribution < -0.4 is 16.6 Å². The molecule has 0 aromatic heterocycles. The molecule has 102 valence electrons. The SMILES string of the molecule is CCCCN=C(NN)N1CC(=O)NC(=O)C1(C)C. The number of hydrazine groups is 1. The zero-order chi connectivity index (χ0) is 13.8. The van der Waals surface area contributed by atoms with Crippen LogP contribution in [0.1, 0.15) is 33.6 Å². The fraction of sp³-hybridized carbons (Fsp3) is 0.727. The number of piperazine rings is 1. The summed E-state index contributed by atoms with van der Waals surface area (Å²) in [5.74, 6) is 5.11. The van der Waals surface area contributed by atoms with Gasteiger partial charge in [-0.05, 0) is 20.3 Å². The van der Waals surface area contributed by atoms with Crippen molar-refractivity contribution in [2.75, 3.05) is 13.1 Å². The third kappa shape index (κ3) is 2.98. The Balaban J connectivity index is 2.91. The van der Waals surface area contributed by atoms with Crippen molar-refractivity contribution in [1.82, 2.24) is 15.6 Å². The van der Waals surface area contributed by atoms with Gasteiger partial charge < -0.3 is 4.90 Å². The van der Waals surface area contributed by atoms with E-state index in [0.717, 1.165) is 12.8 Å². The predicted octanol–water partition coefficient (Wildman–Crippen LogP) is -0.657. The molecule has 7 heteroatoms. The molecule has 1 saturated heterocycles. The molecule has 0 spiro atoms. The lowest BCUT2D eigenvalue weighted by molar-refractivity contribution is -0.142. The molecule has 2 amide bonds. The molecule has 0 aliphatic carbocycles. The topological polar surface area (TPSA) is 99.8 Å². The van der Waals surface area contributed by atoms with Gasteiger partial charge >= 0.3 is 0 Å². The van der Waals surface area contributed by atoms with E-state index in [4.69, 9.17) is 5.84 Å². The molecule has 1 fully saturated rings. The van der Waals surface area contributed by atoms with Gasteiger partial charge in [0, 0.05) is 6.54 Å². The highest BCUT2D eigenvalue weighted by Crippen LogP contribution is 2.18. The van der Waals surface area contributed by atoms with Crippen molar-refractivity contribution in [1.29, 1.82) is 0 Å². The number of carbonyl (C=O) groups is 2. The Labute approximate surface area is 107 Å². The van der Waals surface area contributed by atoms with E-state index < -0.39 is 5.54 Å². The Morgan fingerprint density at radius 1 is 1.56 bits per heavy atom. The molecule has 0 aromatic carbocycles. The second-order valence-corrected chi connectivity index (χ2v) is 4.73. The normalized spacial score (nSPS) is 19.8. The molecule has 0 radical (unpaired) electrons. The highest BCUT2D eigenvalue weighted by atomic mass is 16.2. The number of carbonyl (C=O) groups excluding carboxylic acids is 2. The zero-order valence-corrected chi connectivity index (χ0v) is 11.1. The van der Waals surface area contributed by atoms with Crippen LogP contribution in [-0.2, 0) is 9.59 Å². The first-order chi connectivity index (χ1) is 8.43. The van der Waals surface area contributed by atoms with Gasteiger partial charge in [-0.25, -0.2) is 5.84 Å². The number of hydrogen-bond donors (Lipinski definition) is 3. The summed E-state index contributed by atoms with van der Waals surface area (Å²) in [6.07, 6.45) is 1.95. The van der Waals surface area contributed by atoms with Gasteiger partial charge in [0.25, 0.3) is 5.91 Å². The summed E-state index contributed by atoms with van der Waals surface area (Å²) in [6.45, 7) is 6.18. The average Bonchev–Trinajstić information content (AvgIpc) is 2.30. The average molecular weight is 255 g/mol. The van der Waals surface area contributed by atoms with Crippen LogP contribution in [-0.4, -0.2) is 41.3 Å². The fourth-order valence-corrected chi connectivity index (χ4v) is 1.67. The first-order valence-corrected chi connectivity index (χ1v) is 6.06. The van der Waals surface area contributed by atoms with Gasteiger partial charge in [-0.1, -0.05) is 13.3 Å². The number of imide groups is 1. The molecule has 1 aliphatic rings. The minimum Gasteiger partial charge on any atom is -0.318 e. The fourth-order valence-electron chi connectivity index (χ4n) is 1.67. The van der Waals surface area contributed by atoms with E-state index in [-0.39, 0.29) is 18.4 Å². The van der Waals surface area contributed by atoms with Gasteiger partial charge in [-0.15, -0.1) is 0 Å². The lowest BCUT2D eigenvalue weighted by Gasteiger charge is -2.41. The number of guanidine groups is 1. The Morgan fingerprint density at radius 2 is 2.22 bits per heavy atom. The number of unbranched alkanes of at least 4 members (excludes halogenated alkanes) is 1. The van der Waals surface area contributed by atoms with E-state index in [1.165, 1.54) is 0 Å². The summed E-state index contributed by atoms with van der Waals surface area (Å²) < 4.78 is 0. The molecular weight excluding hydrogens is 234 g/mol. The summed E-state index contributed by atoms with van der Waals surface area (Å²) in [5.41, 5.74) is 1.62. The molecule has 1 rings (SSSR count). The van der Waals surface area contributed by atoms with Crippen LogP contribution in [0.25, 0.3) is 0 Å². The monoisotopic (exact) mass is 255 g/mol. The minimum atomic E-state index is -0.856. The third-order valence-corrected chi connectivity index (χ3v) is 2.94. The van der Waals surface area contributed by atoms with Gasteiger partial charge in [0.15, 0.2) is 0 Å². The summed E-state index contributed by atoms with van der Waals surface area (Å²) >= 11 is 0. The second kappa shape index (κ2) is 5.81. The number of nitrogens with zero attached hydrogens (tertiary/aromatic N) is 2. The number of amides is 2. The second-order valence-electron chi connectivity index (χ2n) is 4.73. The van der Waals surface area contributed by atoms with Gasteiger partial charge in [0.2, 0.25) is 11.9 Å². The number of nitrogens with two attached hydrogens (primary N) is 1. The smallest absolute Gasteiger partial charge is 0.252 e. The van der Waals surface area contributed by atoms with Crippen molar-refractivity contribution in [3.05, 3.63) is 0 Å². The van der Waals surface area contributed by atoms with Gasteiger partial charge in [-0.3, -0.25) is 25.3 Å². The maximum absolute atomic E-state index is 11.8. The molecule has 7 nitrogen and oxygen atoms in total. The Morgan fingerprint density at radius 3 is 2.78 bits per heavy atom. The molecule has 1 aliphatic heterocycles. The number of hydrogen-bond acceptors (Lipinski definition) is 4. The first kappa shape index (κ1) is 14.4. The van der Waals surface area contributed by atoms with Crippen molar-refractivity contribution in [2.24, 2.45) is 10.8 Å². The van der Waals surface area contributed by atoms with E-state index in [1.807, 2.05) is 0 Å². The molecule has 0 unspecified atom stereocenters. The largest absolute Gasteiger partial charge is 0.318 e. The van der Waals surface area contributed by atoms with Crippen LogP contribution in [0, 0.1) is 0 Å². The number of aliphatic imine (C=N–C) groups is 1. The van der Waals surface area contributed by atoms with Crippen molar-refractivity contribution >= 4 is 17.8 Å². The summed E-state index contributed by atoms with van der Waals surface area (Å²) in [4.78, 5) is 29.1. The molecular formula is C11H21N5O2. The zero-order valence-electron chi connectivity index (χ0n) is 11.1. The molecule has 0 atom stereocenters. The van der Waals surface area contributed by atoms with Crippen molar-refractivity contribution < 1.29 is 9.59 Å². The summed E-state index contributed by atoms with van der Waals surface area (Å²) in [7, 11) is 0. The van der Waals surface area contributed by atoms with Crippen molar-refractivity contribution in [3.63, 3.8) is 0 Å². The Bertz CT molecular complexity index is 364. The summed E-state index contributed by atoms with van der Waals surface area (Å²) in [6, 6.07) is 0. The van der Waals surface area contributed by atoms with E-state index in [0.29, 0.717) is 12.5 Å². The van der Waals surface area contributed by atoms with Crippen LogP contribution in [0.4, 0.5) is 0 Å². The maximum atomic E-state index is 11.8. The third-order valence-electron chi connectivity index (χ3n) is 2.94. The van der Waals surface area contributed by atoms with Crippen molar-refractivity contribution in [3.8, 4) is 0 Å². The first-order valence-electron chi connectivity index (χ1n) is 6.06. The standard InChI is InChI=1S/C11H21N5O2/c1-4-5-6-13-10(15-12)16-7-8(17)14-9(18)11(16,2)3/h4-7,12H2,1-3H3,(H,13,15)(H,14,17,18). The Hall–Kier alpha value is -1.63. The highest BCUT2D eigenvalue weighted by Gasteiger charge is 2.42. The van der Waals surface area contributed by atoms with Crippen LogP contribution in [0.3, 0.4) is 0 Å². The quantitative estimate of drug-likeness (QED) is 0.155. The van der Waals surface area contributed by atoms with E-state index in [2.05, 4.69) is 22.7 Å². The van der Waals surface area contributed by atoms with E-state index in [9.17, 15) is 9.59 Å². The minimum absolute atomic E-state index is 0.0634. The van der Waals surface area contributed by atoms with Gasteiger partial charge in [0.05, 0.1) is 0 Å². The van der Waals surface area contributed by atoms with Crippen LogP contribution in [0.15, 0.2) is 4.99 Å². The summed E-state index contributed by atoms with van der Waals surface area (Å²) in [5, 5.41) is 2.30. The van der Waals surface area contributed by atoms with Gasteiger partial charge in [0.1, 0.15) is 12.1 Å². The Kier molecular flexibility index (Phi) is 4.66. The molecule has 18 heavy (non-hydrogen) atoms. The van der Waals surface area contributed by atoms with Crippen LogP contribution >= 0.6 is 0 Å². The molecule has 4 N–H and O–H groups in total. The molecule has 0 saturated carbocycles. The molecule has 0 aromatic rings. The van der Waals surface area contributed by atoms with Gasteiger partial charge in [-0.2, -0.15) is 0 Å². The van der Waals surface area contributed by atoms with Crippen LogP contribution in [0.2, 0.25) is 0 Å². The number of rotatable bonds is 3. The molecule has 1 heterocycles. The van der Waals surface area contributed by atoms with E-state index in [1.54, 1.807) is 18.7 Å². The van der Waals surface area contributed by atoms with E-state index >= 15 is 0 Å². The number of nitrogens with one attached hydrogen (secondary N) is 2. The predicted molar refractivity (Wildman–Crippen MR) is 68.5 cm³/mol. The lowest BCUT2D eigenvalue weighted by Crippen LogP contribution is -2.68. The lowest BCUT2D eigenvalue weighted by atomic mass is 9.99. The maximum Gasteiger partial charge on any atom is 0.252 e. The molecule has 0 bridgehead atoms.